The molecule has 0 unspecified atom stereocenters. The Morgan fingerprint density at radius 1 is 1.26 bits per heavy atom. The quantitative estimate of drug-likeness (QED) is 0.399. The standard InChI is InChI=1S/C31H42N2O6/c1-18-16-32-19(2)25(18)26(35)38-20(3)22-8-9-30-23-7-6-21-14-29(36)11-10-27(21,4)31(23,39-29)24(34)15-28(22,30)17-33(5)12-13-37-30/h7-8,16,20-21,24,32,34,36H,6,9-15,17H2,1-5H3/t20-,21+,24+,27-,28-,29+,30-,31-/m0/s1. The van der Waals surface area contributed by atoms with Crippen molar-refractivity contribution in [2.75, 3.05) is 26.7 Å². The molecule has 8 rings (SSSR count). The van der Waals surface area contributed by atoms with Crippen molar-refractivity contribution in [2.24, 2.45) is 16.7 Å². The predicted molar refractivity (Wildman–Crippen MR) is 144 cm³/mol. The summed E-state index contributed by atoms with van der Waals surface area (Å²) in [6.07, 6.45) is 8.89. The summed E-state index contributed by atoms with van der Waals surface area (Å²) in [5.41, 5.74) is 1.65. The average molecular weight is 539 g/mol. The number of allylic oxidation sites excluding steroid dienone is 1. The first-order valence-electron chi connectivity index (χ1n) is 14.6. The van der Waals surface area contributed by atoms with Crippen LogP contribution in [0.1, 0.15) is 74.0 Å². The number of rotatable bonds is 3. The van der Waals surface area contributed by atoms with Gasteiger partial charge < -0.3 is 34.3 Å². The Labute approximate surface area is 230 Å². The van der Waals surface area contributed by atoms with E-state index in [-0.39, 0.29) is 17.3 Å². The van der Waals surface area contributed by atoms with E-state index in [1.165, 1.54) is 0 Å². The molecule has 5 fully saturated rings. The second-order valence-corrected chi connectivity index (χ2v) is 13.6. The third-order valence-corrected chi connectivity index (χ3v) is 11.7. The van der Waals surface area contributed by atoms with Gasteiger partial charge >= 0.3 is 5.97 Å². The molecule has 0 aromatic carbocycles. The van der Waals surface area contributed by atoms with Crippen LogP contribution in [0.25, 0.3) is 0 Å². The van der Waals surface area contributed by atoms with Gasteiger partial charge in [-0.3, -0.25) is 0 Å². The van der Waals surface area contributed by atoms with Crippen LogP contribution in [0.15, 0.2) is 29.5 Å². The van der Waals surface area contributed by atoms with Gasteiger partial charge in [0, 0.05) is 48.7 Å². The van der Waals surface area contributed by atoms with Crippen molar-refractivity contribution in [2.45, 2.75) is 95.4 Å². The lowest BCUT2D eigenvalue weighted by Gasteiger charge is -2.73. The number of hydrogen-bond donors (Lipinski definition) is 3. The van der Waals surface area contributed by atoms with Gasteiger partial charge in [-0.15, -0.1) is 0 Å². The van der Waals surface area contributed by atoms with Crippen LogP contribution in [-0.2, 0) is 14.2 Å². The third kappa shape index (κ3) is 3.05. The number of aliphatic hydroxyl groups excluding tert-OH is 1. The second kappa shape index (κ2) is 8.07. The maximum Gasteiger partial charge on any atom is 0.340 e. The van der Waals surface area contributed by atoms with Crippen molar-refractivity contribution in [1.29, 1.82) is 0 Å². The number of esters is 1. The SMILES string of the molecule is Cc1c[nH]c(C)c1C(=O)O[C@@H](C)C1=CC[C@@]23OCCN(C)C[C@@]12C[C@@H](O)[C@]12O[C@]4(O)CC[C@@]1(C)[C@H](CC=C32)C4. The number of aryl methyl sites for hydroxylation is 2. The smallest absolute Gasteiger partial charge is 0.340 e. The lowest BCUT2D eigenvalue weighted by molar-refractivity contribution is -0.401. The molecule has 8 atom stereocenters. The van der Waals surface area contributed by atoms with Crippen LogP contribution in [0.2, 0.25) is 0 Å². The van der Waals surface area contributed by atoms with E-state index in [0.29, 0.717) is 44.4 Å². The van der Waals surface area contributed by atoms with Gasteiger partial charge in [-0.1, -0.05) is 19.1 Å². The summed E-state index contributed by atoms with van der Waals surface area (Å²) in [6.45, 7) is 10.0. The first kappa shape index (κ1) is 26.0. The van der Waals surface area contributed by atoms with E-state index in [4.69, 9.17) is 14.2 Å². The molecular weight excluding hydrogens is 496 g/mol. The zero-order valence-corrected chi connectivity index (χ0v) is 23.8. The summed E-state index contributed by atoms with van der Waals surface area (Å²) in [6, 6.07) is 0. The van der Waals surface area contributed by atoms with Gasteiger partial charge in [0.15, 0.2) is 5.79 Å². The third-order valence-electron chi connectivity index (χ3n) is 11.7. The number of likely N-dealkylation sites (N-methyl/N-ethyl adjacent to an activating group) is 1. The minimum absolute atomic E-state index is 0.252. The molecule has 212 valence electrons. The van der Waals surface area contributed by atoms with Crippen molar-refractivity contribution in [3.63, 3.8) is 0 Å². The largest absolute Gasteiger partial charge is 0.454 e. The van der Waals surface area contributed by atoms with E-state index >= 15 is 0 Å². The molecule has 7 aliphatic rings. The molecule has 0 radical (unpaired) electrons. The highest BCUT2D eigenvalue weighted by atomic mass is 16.7. The minimum atomic E-state index is -1.22. The van der Waals surface area contributed by atoms with Crippen molar-refractivity contribution in [3.05, 3.63) is 46.3 Å². The van der Waals surface area contributed by atoms with Gasteiger partial charge in [0.1, 0.15) is 17.3 Å². The number of carbonyl (C=O) groups excluding carboxylic acids is 1. The normalized spacial score (nSPS) is 45.4. The number of H-pyrrole nitrogens is 1. The summed E-state index contributed by atoms with van der Waals surface area (Å²) >= 11 is 0. The maximum absolute atomic E-state index is 13.3. The zero-order chi connectivity index (χ0) is 27.6. The number of carbonyl (C=O) groups is 1. The van der Waals surface area contributed by atoms with Gasteiger partial charge in [-0.2, -0.15) is 0 Å². The van der Waals surface area contributed by atoms with Gasteiger partial charge in [0.05, 0.1) is 18.3 Å². The monoisotopic (exact) mass is 538 g/mol. The van der Waals surface area contributed by atoms with Crippen LogP contribution < -0.4 is 0 Å². The molecule has 3 aliphatic heterocycles. The fourth-order valence-electron chi connectivity index (χ4n) is 9.86. The topological polar surface area (TPSA) is 104 Å². The van der Waals surface area contributed by atoms with Crippen molar-refractivity contribution in [1.82, 2.24) is 9.88 Å². The van der Waals surface area contributed by atoms with Crippen molar-refractivity contribution < 1.29 is 29.2 Å². The van der Waals surface area contributed by atoms with Gasteiger partial charge in [-0.25, -0.2) is 4.79 Å². The molecule has 4 bridgehead atoms. The minimum Gasteiger partial charge on any atom is -0.454 e. The molecule has 8 nitrogen and oxygen atoms in total. The lowest BCUT2D eigenvalue weighted by atomic mass is 9.41. The van der Waals surface area contributed by atoms with Crippen LogP contribution >= 0.6 is 0 Å². The van der Waals surface area contributed by atoms with E-state index in [2.05, 4.69) is 36.0 Å². The highest BCUT2D eigenvalue weighted by Crippen LogP contribution is 2.74. The summed E-state index contributed by atoms with van der Waals surface area (Å²) in [7, 11) is 2.10. The van der Waals surface area contributed by atoms with Crippen LogP contribution in [0, 0.1) is 30.6 Å². The summed E-state index contributed by atoms with van der Waals surface area (Å²) in [4.78, 5) is 18.7. The molecule has 3 N–H and O–H groups in total. The molecule has 1 aromatic heterocycles. The zero-order valence-electron chi connectivity index (χ0n) is 23.8. The van der Waals surface area contributed by atoms with Crippen molar-refractivity contribution in [3.8, 4) is 0 Å². The Hall–Kier alpha value is -1.97. The molecule has 4 aliphatic carbocycles. The highest BCUT2D eigenvalue weighted by Gasteiger charge is 2.79. The molecular formula is C31H42N2O6. The predicted octanol–water partition coefficient (Wildman–Crippen LogP) is 3.55. The fraction of sp³-hybridized carbons (Fsp3) is 0.710. The molecule has 1 aromatic rings. The molecule has 0 amide bonds. The number of fused-ring (bicyclic) bond motifs is 1. The molecule has 39 heavy (non-hydrogen) atoms. The van der Waals surface area contributed by atoms with Gasteiger partial charge in [0.25, 0.3) is 0 Å². The number of nitrogens with one attached hydrogen (secondary N) is 1. The Kier molecular flexibility index (Phi) is 5.37. The van der Waals surface area contributed by atoms with Crippen LogP contribution in [0.3, 0.4) is 0 Å². The summed E-state index contributed by atoms with van der Waals surface area (Å²) in [5, 5.41) is 23.8. The van der Waals surface area contributed by atoms with Gasteiger partial charge in [-0.05, 0) is 76.1 Å². The Morgan fingerprint density at radius 3 is 2.79 bits per heavy atom. The molecule has 2 saturated carbocycles. The number of ether oxygens (including phenoxy) is 3. The summed E-state index contributed by atoms with van der Waals surface area (Å²) in [5.74, 6) is -1.31. The average Bonchev–Trinajstić information content (AvgIpc) is 3.31. The van der Waals surface area contributed by atoms with E-state index in [0.717, 1.165) is 41.8 Å². The first-order chi connectivity index (χ1) is 18.4. The maximum atomic E-state index is 13.3. The van der Waals surface area contributed by atoms with E-state index < -0.39 is 34.6 Å². The van der Waals surface area contributed by atoms with E-state index in [9.17, 15) is 15.0 Å². The number of aromatic amines is 1. The van der Waals surface area contributed by atoms with Crippen LogP contribution in [-0.4, -0.2) is 82.0 Å². The second-order valence-electron chi connectivity index (χ2n) is 13.6. The molecule has 1 spiro atoms. The Bertz CT molecular complexity index is 1280. The first-order valence-corrected chi connectivity index (χ1v) is 14.6. The fourth-order valence-corrected chi connectivity index (χ4v) is 9.86. The van der Waals surface area contributed by atoms with E-state index in [1.807, 2.05) is 27.0 Å². The summed E-state index contributed by atoms with van der Waals surface area (Å²) < 4.78 is 19.9. The number of hydrogen-bond acceptors (Lipinski definition) is 7. The number of aromatic nitrogens is 1. The van der Waals surface area contributed by atoms with Crippen molar-refractivity contribution >= 4 is 5.97 Å². The molecule has 4 heterocycles. The highest BCUT2D eigenvalue weighted by molar-refractivity contribution is 5.92. The number of aliphatic hydroxyl groups is 2. The molecule has 8 heteroatoms. The van der Waals surface area contributed by atoms with E-state index in [1.54, 1.807) is 0 Å². The Balaban J connectivity index is 1.33. The number of nitrogens with zero attached hydrogens (tertiary/aromatic N) is 1. The lowest BCUT2D eigenvalue weighted by Crippen LogP contribution is -2.79. The van der Waals surface area contributed by atoms with Crippen LogP contribution in [0.5, 0.6) is 0 Å². The Morgan fingerprint density at radius 2 is 2.05 bits per heavy atom. The van der Waals surface area contributed by atoms with Gasteiger partial charge in [0.2, 0.25) is 0 Å². The molecule has 3 saturated heterocycles. The van der Waals surface area contributed by atoms with Crippen LogP contribution in [0.4, 0.5) is 0 Å².